The first-order valence-corrected chi connectivity index (χ1v) is 20.9. The Hall–Kier alpha value is -3.82. The molecule has 0 saturated heterocycles. The van der Waals surface area contributed by atoms with Crippen LogP contribution in [0.15, 0.2) is 182 Å². The molecule has 0 aliphatic heterocycles. The third-order valence-electron chi connectivity index (χ3n) is 10.9. The fraction of sp³-hybridized carbons (Fsp3) is 0.182. The third kappa shape index (κ3) is 4.82. The van der Waals surface area contributed by atoms with Gasteiger partial charge in [0.05, 0.1) is 0 Å². The normalized spacial score (nSPS) is 13.5. The Bertz CT molecular complexity index is 1650. The molecule has 0 radical (unpaired) electrons. The van der Waals surface area contributed by atoms with E-state index >= 15 is 0 Å². The molecular weight excluding hydrogens is 590 g/mol. The molecule has 6 aromatic carbocycles. The summed E-state index contributed by atoms with van der Waals surface area (Å²) < 4.78 is 0. The van der Waals surface area contributed by atoms with Gasteiger partial charge in [-0.25, -0.2) is 0 Å². The van der Waals surface area contributed by atoms with Crippen molar-refractivity contribution in [2.24, 2.45) is 0 Å². The van der Waals surface area contributed by atoms with Crippen molar-refractivity contribution < 1.29 is 0 Å². The zero-order valence-corrected chi connectivity index (χ0v) is 29.7. The first-order valence-electron chi connectivity index (χ1n) is 16.4. The van der Waals surface area contributed by atoms with Crippen LogP contribution in [0.25, 0.3) is 0 Å². The molecule has 0 heterocycles. The summed E-state index contributed by atoms with van der Waals surface area (Å²) in [5.74, 6) is 0. The summed E-state index contributed by atoms with van der Waals surface area (Å²) in [5.41, 5.74) is 0. The molecule has 0 aromatic heterocycles. The monoisotopic (exact) mass is 637 g/mol. The van der Waals surface area contributed by atoms with Crippen LogP contribution in [-0.2, 0) is 0 Å². The molecular formula is C44H47P2+. The van der Waals surface area contributed by atoms with Crippen molar-refractivity contribution in [1.82, 2.24) is 0 Å². The number of benzene rings is 6. The average molecular weight is 638 g/mol. The van der Waals surface area contributed by atoms with E-state index in [9.17, 15) is 0 Å². The van der Waals surface area contributed by atoms with E-state index in [0.717, 1.165) is 6.42 Å². The molecule has 0 unspecified atom stereocenters. The number of hydrogen-bond donors (Lipinski definition) is 0. The van der Waals surface area contributed by atoms with Gasteiger partial charge in [-0.2, -0.15) is 0 Å². The SMILES string of the molecule is CC(C)(CC(C)(C)P(C)(c1ccccc1)(c1ccccc1)c1ccccc1)[P+](c1ccccc1)(c1ccccc1)c1ccccc1. The van der Waals surface area contributed by atoms with Gasteiger partial charge in [0, 0.05) is 0 Å². The van der Waals surface area contributed by atoms with Crippen molar-refractivity contribution in [1.29, 1.82) is 0 Å². The Morgan fingerprint density at radius 3 is 0.891 bits per heavy atom. The van der Waals surface area contributed by atoms with Crippen LogP contribution >= 0.6 is 13.9 Å². The Kier molecular flexibility index (Phi) is 8.67. The van der Waals surface area contributed by atoms with Crippen LogP contribution in [0.4, 0.5) is 0 Å². The van der Waals surface area contributed by atoms with Gasteiger partial charge in [0.2, 0.25) is 0 Å². The quantitative estimate of drug-likeness (QED) is 0.132. The van der Waals surface area contributed by atoms with Gasteiger partial charge >= 0.3 is 279 Å². The minimum absolute atomic E-state index is 0.127. The Morgan fingerprint density at radius 2 is 0.630 bits per heavy atom. The van der Waals surface area contributed by atoms with Crippen LogP contribution in [0.2, 0.25) is 0 Å². The second-order valence-electron chi connectivity index (χ2n) is 14.1. The van der Waals surface area contributed by atoms with Crippen LogP contribution in [-0.4, -0.2) is 17.0 Å². The van der Waals surface area contributed by atoms with E-state index in [2.05, 4.69) is 216 Å². The summed E-state index contributed by atoms with van der Waals surface area (Å²) in [7, 11) is -2.21. The Labute approximate surface area is 277 Å². The van der Waals surface area contributed by atoms with E-state index in [4.69, 9.17) is 0 Å². The third-order valence-corrected chi connectivity index (χ3v) is 24.1. The van der Waals surface area contributed by atoms with E-state index in [1.165, 1.54) is 31.8 Å². The van der Waals surface area contributed by atoms with E-state index < -0.39 is 13.9 Å². The van der Waals surface area contributed by atoms with Crippen LogP contribution in [0.5, 0.6) is 0 Å². The average Bonchev–Trinajstić information content (AvgIpc) is 3.10. The molecule has 0 amide bonds. The summed E-state index contributed by atoms with van der Waals surface area (Å²) in [6.45, 7) is 9.77. The van der Waals surface area contributed by atoms with Crippen LogP contribution in [0.3, 0.4) is 0 Å². The van der Waals surface area contributed by atoms with Gasteiger partial charge in [-0.05, 0) is 0 Å². The van der Waals surface area contributed by atoms with E-state index in [0.29, 0.717) is 0 Å². The van der Waals surface area contributed by atoms with Crippen molar-refractivity contribution in [2.75, 3.05) is 6.66 Å². The molecule has 0 bridgehead atoms. The van der Waals surface area contributed by atoms with Gasteiger partial charge in [-0.1, -0.05) is 0 Å². The van der Waals surface area contributed by atoms with Gasteiger partial charge in [0.1, 0.15) is 0 Å². The molecule has 2 heteroatoms. The predicted molar refractivity (Wildman–Crippen MR) is 209 cm³/mol. The fourth-order valence-corrected chi connectivity index (χ4v) is 20.9. The summed E-state index contributed by atoms with van der Waals surface area (Å²) in [4.78, 5) is 0. The van der Waals surface area contributed by atoms with Crippen molar-refractivity contribution in [3.05, 3.63) is 182 Å². The first kappa shape index (κ1) is 32.1. The fourth-order valence-electron chi connectivity index (χ4n) is 8.72. The number of rotatable bonds is 10. The summed E-state index contributed by atoms with van der Waals surface area (Å²) in [6, 6.07) is 68.5. The van der Waals surface area contributed by atoms with Gasteiger partial charge < -0.3 is 0 Å². The van der Waals surface area contributed by atoms with Crippen LogP contribution in [0.1, 0.15) is 34.1 Å². The molecule has 0 atom stereocenters. The molecule has 0 aliphatic carbocycles. The maximum absolute atomic E-state index is 3.16. The van der Waals surface area contributed by atoms with Gasteiger partial charge in [-0.3, -0.25) is 0 Å². The molecule has 232 valence electrons. The predicted octanol–water partition coefficient (Wildman–Crippen LogP) is 9.09. The molecule has 0 aliphatic rings. The van der Waals surface area contributed by atoms with E-state index in [-0.39, 0.29) is 10.3 Å². The molecule has 0 saturated carbocycles. The van der Waals surface area contributed by atoms with Crippen LogP contribution in [0, 0.1) is 0 Å². The molecule has 6 rings (SSSR count). The second kappa shape index (κ2) is 12.4. The first-order chi connectivity index (χ1) is 22.2. The molecule has 0 spiro atoms. The molecule has 6 aromatic rings. The zero-order valence-electron chi connectivity index (χ0n) is 27.9. The summed E-state index contributed by atoms with van der Waals surface area (Å²) >= 11 is 0. The molecule has 0 nitrogen and oxygen atoms in total. The van der Waals surface area contributed by atoms with E-state index in [1.807, 2.05) is 0 Å². The summed E-state index contributed by atoms with van der Waals surface area (Å²) in [5, 5.41) is 8.34. The molecule has 46 heavy (non-hydrogen) atoms. The second-order valence-corrected chi connectivity index (χ2v) is 24.0. The van der Waals surface area contributed by atoms with Gasteiger partial charge in [-0.15, -0.1) is 0 Å². The topological polar surface area (TPSA) is 0 Å². The standard InChI is InChI=1S/C44H47P2/c1-43(2,45(37-24-12-6-13-25-37,38-26-14-7-15-27-38)39-28-16-8-17-29-39)36-44(3,4)46(5,40-30-18-9-19-31-40,41-32-20-10-21-33-41)42-34-22-11-23-35-42/h6-35H,36H2,1-5H3/q+1. The number of hydrogen-bond acceptors (Lipinski definition) is 0. The maximum atomic E-state index is 2.65. The van der Waals surface area contributed by atoms with Crippen molar-refractivity contribution in [3.8, 4) is 0 Å². The van der Waals surface area contributed by atoms with Crippen molar-refractivity contribution in [3.63, 3.8) is 0 Å². The summed E-state index contributed by atoms with van der Waals surface area (Å²) in [6.07, 6.45) is 1.01. The minimum atomic E-state index is -3.16. The Morgan fingerprint density at radius 1 is 0.391 bits per heavy atom. The van der Waals surface area contributed by atoms with Crippen molar-refractivity contribution >= 4 is 45.7 Å². The van der Waals surface area contributed by atoms with Gasteiger partial charge in [0.15, 0.2) is 0 Å². The van der Waals surface area contributed by atoms with Crippen molar-refractivity contribution in [2.45, 2.75) is 44.4 Å². The molecule has 0 fully saturated rings. The van der Waals surface area contributed by atoms with Crippen LogP contribution < -0.4 is 31.8 Å². The molecule has 0 N–H and O–H groups in total. The van der Waals surface area contributed by atoms with E-state index in [1.54, 1.807) is 0 Å². The zero-order chi connectivity index (χ0) is 32.3. The Balaban J connectivity index is 1.70. The van der Waals surface area contributed by atoms with Gasteiger partial charge in [0.25, 0.3) is 0 Å².